The van der Waals surface area contributed by atoms with E-state index in [1.165, 1.54) is 4.31 Å². The molecule has 6 heteroatoms. The first-order valence-corrected chi connectivity index (χ1v) is 10.3. The SMILES string of the molecule is CCS(=O)(=O)N(Cc1cccnc1)c1ccc(C(F)c2ccccc2)cc1. The number of anilines is 1. The summed E-state index contributed by atoms with van der Waals surface area (Å²) < 4.78 is 41.2. The first-order valence-electron chi connectivity index (χ1n) is 8.69. The van der Waals surface area contributed by atoms with Crippen LogP contribution in [0.1, 0.15) is 29.8 Å². The molecule has 0 aliphatic carbocycles. The monoisotopic (exact) mass is 384 g/mol. The molecular weight excluding hydrogens is 363 g/mol. The summed E-state index contributed by atoms with van der Waals surface area (Å²) in [5, 5.41) is 0. The highest BCUT2D eigenvalue weighted by atomic mass is 32.2. The van der Waals surface area contributed by atoms with Crippen LogP contribution in [0.2, 0.25) is 0 Å². The second-order valence-electron chi connectivity index (χ2n) is 6.13. The number of nitrogens with zero attached hydrogens (tertiary/aromatic N) is 2. The van der Waals surface area contributed by atoms with Crippen molar-refractivity contribution >= 4 is 15.7 Å². The summed E-state index contributed by atoms with van der Waals surface area (Å²) in [7, 11) is -3.48. The number of hydrogen-bond donors (Lipinski definition) is 0. The van der Waals surface area contributed by atoms with Crippen molar-refractivity contribution in [2.75, 3.05) is 10.1 Å². The van der Waals surface area contributed by atoms with Gasteiger partial charge in [0.1, 0.15) is 0 Å². The minimum Gasteiger partial charge on any atom is -0.266 e. The zero-order chi connectivity index (χ0) is 19.3. The highest BCUT2D eigenvalue weighted by Gasteiger charge is 2.22. The summed E-state index contributed by atoms with van der Waals surface area (Å²) in [6.45, 7) is 1.79. The Morgan fingerprint density at radius 1 is 0.963 bits per heavy atom. The van der Waals surface area contributed by atoms with E-state index in [4.69, 9.17) is 0 Å². The maximum Gasteiger partial charge on any atom is 0.235 e. The van der Waals surface area contributed by atoms with Crippen molar-refractivity contribution in [1.29, 1.82) is 0 Å². The first-order chi connectivity index (χ1) is 13.0. The number of benzene rings is 2. The lowest BCUT2D eigenvalue weighted by atomic mass is 10.0. The van der Waals surface area contributed by atoms with Gasteiger partial charge in [-0.2, -0.15) is 0 Å². The van der Waals surface area contributed by atoms with Crippen molar-refractivity contribution < 1.29 is 12.8 Å². The van der Waals surface area contributed by atoms with E-state index in [-0.39, 0.29) is 12.3 Å². The normalized spacial score (nSPS) is 12.5. The number of pyridine rings is 1. The van der Waals surface area contributed by atoms with Gasteiger partial charge >= 0.3 is 0 Å². The summed E-state index contributed by atoms with van der Waals surface area (Å²) >= 11 is 0. The van der Waals surface area contributed by atoms with Crippen molar-refractivity contribution in [2.45, 2.75) is 19.6 Å². The smallest absolute Gasteiger partial charge is 0.235 e. The Labute approximate surface area is 159 Å². The molecule has 0 aliphatic rings. The Morgan fingerprint density at radius 3 is 2.22 bits per heavy atom. The van der Waals surface area contributed by atoms with Crippen LogP contribution in [0.4, 0.5) is 10.1 Å². The lowest BCUT2D eigenvalue weighted by Gasteiger charge is -2.24. The predicted molar refractivity (Wildman–Crippen MR) is 106 cm³/mol. The van der Waals surface area contributed by atoms with Gasteiger partial charge in [0.15, 0.2) is 6.17 Å². The molecule has 0 fully saturated rings. The molecule has 0 saturated carbocycles. The van der Waals surface area contributed by atoms with Gasteiger partial charge in [-0.15, -0.1) is 0 Å². The third kappa shape index (κ3) is 4.52. The fraction of sp³-hybridized carbons (Fsp3) is 0.190. The quantitative estimate of drug-likeness (QED) is 0.603. The number of hydrogen-bond acceptors (Lipinski definition) is 3. The Kier molecular flexibility index (Phi) is 5.86. The van der Waals surface area contributed by atoms with Crippen molar-refractivity contribution in [3.8, 4) is 0 Å². The van der Waals surface area contributed by atoms with E-state index in [0.717, 1.165) is 5.56 Å². The second kappa shape index (κ2) is 8.31. The lowest BCUT2D eigenvalue weighted by Crippen LogP contribution is -2.31. The largest absolute Gasteiger partial charge is 0.266 e. The number of rotatable bonds is 7. The van der Waals surface area contributed by atoms with Crippen LogP contribution in [0.15, 0.2) is 79.1 Å². The summed E-state index contributed by atoms with van der Waals surface area (Å²) in [6.07, 6.45) is 2.02. The molecule has 27 heavy (non-hydrogen) atoms. The van der Waals surface area contributed by atoms with E-state index in [1.807, 2.05) is 12.1 Å². The highest BCUT2D eigenvalue weighted by Crippen LogP contribution is 2.29. The van der Waals surface area contributed by atoms with Crippen LogP contribution in [-0.2, 0) is 16.6 Å². The second-order valence-corrected chi connectivity index (χ2v) is 8.32. The maximum atomic E-state index is 14.7. The van der Waals surface area contributed by atoms with Crippen molar-refractivity contribution in [3.63, 3.8) is 0 Å². The number of sulfonamides is 1. The van der Waals surface area contributed by atoms with Crippen molar-refractivity contribution in [3.05, 3.63) is 95.8 Å². The maximum absolute atomic E-state index is 14.7. The topological polar surface area (TPSA) is 50.3 Å². The highest BCUT2D eigenvalue weighted by molar-refractivity contribution is 7.92. The molecule has 3 aromatic rings. The van der Waals surface area contributed by atoms with Gasteiger partial charge < -0.3 is 0 Å². The number of aromatic nitrogens is 1. The standard InChI is InChI=1S/C21H21FN2O2S/c1-2-27(25,26)24(16-17-7-6-14-23-15-17)20-12-10-19(11-13-20)21(22)18-8-4-3-5-9-18/h3-15,21H,2,16H2,1H3. The van der Waals surface area contributed by atoms with Gasteiger partial charge in [0.25, 0.3) is 0 Å². The molecule has 0 aliphatic heterocycles. The fourth-order valence-corrected chi connectivity index (χ4v) is 3.89. The fourth-order valence-electron chi connectivity index (χ4n) is 2.79. The van der Waals surface area contributed by atoms with E-state index in [9.17, 15) is 12.8 Å². The Balaban J connectivity index is 1.89. The van der Waals surface area contributed by atoms with Crippen molar-refractivity contribution in [2.24, 2.45) is 0 Å². The van der Waals surface area contributed by atoms with Crippen LogP contribution in [-0.4, -0.2) is 19.2 Å². The number of alkyl halides is 1. The van der Waals surface area contributed by atoms with Crippen LogP contribution >= 0.6 is 0 Å². The summed E-state index contributed by atoms with van der Waals surface area (Å²) in [4.78, 5) is 4.04. The average molecular weight is 384 g/mol. The molecule has 0 radical (unpaired) electrons. The minimum atomic E-state index is -3.48. The Hall–Kier alpha value is -2.73. The molecule has 1 unspecified atom stereocenters. The molecule has 1 aromatic heterocycles. The van der Waals surface area contributed by atoms with Gasteiger partial charge in [-0.05, 0) is 41.8 Å². The average Bonchev–Trinajstić information content (AvgIpc) is 2.73. The first kappa shape index (κ1) is 19.0. The van der Waals surface area contributed by atoms with E-state index in [2.05, 4.69) is 4.98 Å². The molecule has 0 saturated heterocycles. The summed E-state index contributed by atoms with van der Waals surface area (Å²) in [5.41, 5.74) is 2.34. The Morgan fingerprint density at radius 2 is 1.63 bits per heavy atom. The van der Waals surface area contributed by atoms with Gasteiger partial charge in [-0.1, -0.05) is 48.5 Å². The van der Waals surface area contributed by atoms with E-state index < -0.39 is 16.2 Å². The van der Waals surface area contributed by atoms with Crippen LogP contribution in [0, 0.1) is 0 Å². The summed E-state index contributed by atoms with van der Waals surface area (Å²) in [5.74, 6) is -0.0231. The lowest BCUT2D eigenvalue weighted by molar-refractivity contribution is 0.402. The minimum absolute atomic E-state index is 0.0231. The third-order valence-corrected chi connectivity index (χ3v) is 6.06. The van der Waals surface area contributed by atoms with Gasteiger partial charge in [-0.3, -0.25) is 9.29 Å². The zero-order valence-corrected chi connectivity index (χ0v) is 15.8. The molecule has 3 rings (SSSR count). The Bertz CT molecular complexity index is 962. The molecule has 1 heterocycles. The molecular formula is C21H21FN2O2S. The van der Waals surface area contributed by atoms with Crippen LogP contribution in [0.5, 0.6) is 0 Å². The van der Waals surface area contributed by atoms with Gasteiger partial charge in [0.2, 0.25) is 10.0 Å². The molecule has 140 valence electrons. The van der Waals surface area contributed by atoms with Crippen LogP contribution in [0.25, 0.3) is 0 Å². The van der Waals surface area contributed by atoms with Crippen LogP contribution < -0.4 is 4.31 Å². The van der Waals surface area contributed by atoms with E-state index in [0.29, 0.717) is 16.8 Å². The molecule has 1 atom stereocenters. The van der Waals surface area contributed by atoms with Crippen molar-refractivity contribution in [1.82, 2.24) is 4.98 Å². The van der Waals surface area contributed by atoms with Gasteiger partial charge in [-0.25, -0.2) is 12.8 Å². The van der Waals surface area contributed by atoms with Gasteiger partial charge in [0.05, 0.1) is 18.0 Å². The predicted octanol–water partition coefficient (Wildman–Crippen LogP) is 4.50. The van der Waals surface area contributed by atoms with Crippen LogP contribution in [0.3, 0.4) is 0 Å². The molecule has 0 amide bonds. The number of halogens is 1. The molecule has 2 aromatic carbocycles. The zero-order valence-electron chi connectivity index (χ0n) is 15.0. The van der Waals surface area contributed by atoms with E-state index in [1.54, 1.807) is 73.9 Å². The molecule has 0 spiro atoms. The third-order valence-electron chi connectivity index (χ3n) is 4.32. The summed E-state index contributed by atoms with van der Waals surface area (Å²) in [6, 6.07) is 19.0. The van der Waals surface area contributed by atoms with E-state index >= 15 is 0 Å². The molecule has 0 bridgehead atoms. The molecule has 0 N–H and O–H groups in total. The molecule has 4 nitrogen and oxygen atoms in total. The van der Waals surface area contributed by atoms with Gasteiger partial charge in [0, 0.05) is 12.4 Å².